The maximum absolute atomic E-state index is 13.4. The van der Waals surface area contributed by atoms with Crippen LogP contribution >= 0.6 is 27.5 Å². The Morgan fingerprint density at radius 2 is 1.94 bits per heavy atom. The van der Waals surface area contributed by atoms with Gasteiger partial charge in [0.25, 0.3) is 0 Å². The molecule has 0 aliphatic carbocycles. The highest BCUT2D eigenvalue weighted by Crippen LogP contribution is 2.24. The number of carbonyl (C=O) groups is 1. The standard InChI is InChI=1S/C14H9BrClFO/c1-8-2-3-9(6-13(8)17)14(18)11-7-10(15)4-5-12(11)16/h2-7H,1H3. The summed E-state index contributed by atoms with van der Waals surface area (Å²) in [7, 11) is 0. The molecule has 2 rings (SSSR count). The lowest BCUT2D eigenvalue weighted by molar-refractivity contribution is 0.103. The van der Waals surface area contributed by atoms with Crippen LogP contribution in [0.5, 0.6) is 0 Å². The van der Waals surface area contributed by atoms with E-state index in [9.17, 15) is 9.18 Å². The minimum atomic E-state index is -0.396. The predicted molar refractivity (Wildman–Crippen MR) is 73.7 cm³/mol. The molecule has 0 bridgehead atoms. The molecule has 1 nitrogen and oxygen atoms in total. The summed E-state index contributed by atoms with van der Waals surface area (Å²) in [5.41, 5.74) is 1.15. The van der Waals surface area contributed by atoms with Crippen molar-refractivity contribution in [2.24, 2.45) is 0 Å². The fourth-order valence-corrected chi connectivity index (χ4v) is 2.13. The van der Waals surface area contributed by atoms with Crippen molar-refractivity contribution in [3.63, 3.8) is 0 Å². The molecular weight excluding hydrogens is 319 g/mol. The normalized spacial score (nSPS) is 10.4. The molecule has 4 heteroatoms. The quantitative estimate of drug-likeness (QED) is 0.725. The minimum Gasteiger partial charge on any atom is -0.289 e. The van der Waals surface area contributed by atoms with Gasteiger partial charge in [-0.2, -0.15) is 0 Å². The van der Waals surface area contributed by atoms with E-state index in [1.165, 1.54) is 6.07 Å². The van der Waals surface area contributed by atoms with Gasteiger partial charge in [0, 0.05) is 15.6 Å². The highest BCUT2D eigenvalue weighted by molar-refractivity contribution is 9.10. The van der Waals surface area contributed by atoms with Gasteiger partial charge in [0.05, 0.1) is 5.02 Å². The van der Waals surface area contributed by atoms with Crippen molar-refractivity contribution >= 4 is 33.3 Å². The summed E-state index contributed by atoms with van der Waals surface area (Å²) in [6, 6.07) is 9.40. The van der Waals surface area contributed by atoms with Gasteiger partial charge in [-0.05, 0) is 36.8 Å². The zero-order chi connectivity index (χ0) is 13.3. The van der Waals surface area contributed by atoms with Crippen LogP contribution in [0.25, 0.3) is 0 Å². The van der Waals surface area contributed by atoms with Crippen LogP contribution in [0.15, 0.2) is 40.9 Å². The molecule has 0 unspecified atom stereocenters. The molecule has 0 aromatic heterocycles. The third kappa shape index (κ3) is 2.62. The monoisotopic (exact) mass is 326 g/mol. The van der Waals surface area contributed by atoms with Gasteiger partial charge in [-0.3, -0.25) is 4.79 Å². The van der Waals surface area contributed by atoms with E-state index in [1.54, 1.807) is 37.3 Å². The number of halogens is 3. The van der Waals surface area contributed by atoms with Crippen LogP contribution in [0, 0.1) is 12.7 Å². The van der Waals surface area contributed by atoms with Gasteiger partial charge in [0.2, 0.25) is 0 Å². The van der Waals surface area contributed by atoms with E-state index >= 15 is 0 Å². The summed E-state index contributed by atoms with van der Waals surface area (Å²) < 4.78 is 14.2. The third-order valence-corrected chi connectivity index (χ3v) is 3.43. The van der Waals surface area contributed by atoms with Crippen molar-refractivity contribution < 1.29 is 9.18 Å². The largest absolute Gasteiger partial charge is 0.289 e. The predicted octanol–water partition coefficient (Wildman–Crippen LogP) is 4.78. The Hall–Kier alpha value is -1.19. The van der Waals surface area contributed by atoms with Crippen LogP contribution < -0.4 is 0 Å². The number of benzene rings is 2. The maximum Gasteiger partial charge on any atom is 0.194 e. The van der Waals surface area contributed by atoms with E-state index in [0.29, 0.717) is 16.1 Å². The smallest absolute Gasteiger partial charge is 0.194 e. The first-order valence-corrected chi connectivity index (χ1v) is 6.42. The zero-order valence-corrected chi connectivity index (χ0v) is 11.8. The zero-order valence-electron chi connectivity index (χ0n) is 9.51. The summed E-state index contributed by atoms with van der Waals surface area (Å²) >= 11 is 9.25. The van der Waals surface area contributed by atoms with Crippen LogP contribution in [0.2, 0.25) is 5.02 Å². The number of hydrogen-bond acceptors (Lipinski definition) is 1. The number of aryl methyl sites for hydroxylation is 1. The topological polar surface area (TPSA) is 17.1 Å². The molecule has 0 aliphatic heterocycles. The first kappa shape index (κ1) is 13.2. The molecule has 0 N–H and O–H groups in total. The first-order valence-electron chi connectivity index (χ1n) is 5.25. The summed E-state index contributed by atoms with van der Waals surface area (Å²) in [5, 5.41) is 0.351. The van der Waals surface area contributed by atoms with E-state index < -0.39 is 5.82 Å². The van der Waals surface area contributed by atoms with Gasteiger partial charge in [0.1, 0.15) is 5.82 Å². The Morgan fingerprint density at radius 1 is 1.22 bits per heavy atom. The molecule has 0 heterocycles. The molecule has 0 radical (unpaired) electrons. The molecule has 0 fully saturated rings. The van der Waals surface area contributed by atoms with Crippen molar-refractivity contribution in [3.8, 4) is 0 Å². The van der Waals surface area contributed by atoms with E-state index in [-0.39, 0.29) is 11.3 Å². The second-order valence-corrected chi connectivity index (χ2v) is 5.24. The molecule has 0 aliphatic rings. The SMILES string of the molecule is Cc1ccc(C(=O)c2cc(Br)ccc2Cl)cc1F. The number of ketones is 1. The van der Waals surface area contributed by atoms with E-state index in [2.05, 4.69) is 15.9 Å². The van der Waals surface area contributed by atoms with Crippen LogP contribution in [-0.4, -0.2) is 5.78 Å². The lowest BCUT2D eigenvalue weighted by Crippen LogP contribution is -2.03. The van der Waals surface area contributed by atoms with E-state index in [0.717, 1.165) is 4.47 Å². The molecule has 0 spiro atoms. The Bertz CT molecular complexity index is 625. The summed E-state index contributed by atoms with van der Waals surface area (Å²) in [6.45, 7) is 1.65. The fourth-order valence-electron chi connectivity index (χ4n) is 1.56. The van der Waals surface area contributed by atoms with Gasteiger partial charge in [-0.15, -0.1) is 0 Å². The van der Waals surface area contributed by atoms with Crippen molar-refractivity contribution in [2.75, 3.05) is 0 Å². The second-order valence-electron chi connectivity index (χ2n) is 3.92. The summed E-state index contributed by atoms with van der Waals surface area (Å²) in [5.74, 6) is -0.688. The lowest BCUT2D eigenvalue weighted by Gasteiger charge is -2.05. The van der Waals surface area contributed by atoms with Crippen molar-refractivity contribution in [2.45, 2.75) is 6.92 Å². The molecule has 0 atom stereocenters. The molecule has 92 valence electrons. The lowest BCUT2D eigenvalue weighted by atomic mass is 10.0. The van der Waals surface area contributed by atoms with Crippen molar-refractivity contribution in [1.82, 2.24) is 0 Å². The first-order chi connectivity index (χ1) is 8.49. The second kappa shape index (κ2) is 5.21. The Labute approximate surface area is 118 Å². The molecular formula is C14H9BrClFO. The van der Waals surface area contributed by atoms with E-state index in [1.807, 2.05) is 0 Å². The van der Waals surface area contributed by atoms with Crippen LogP contribution in [-0.2, 0) is 0 Å². The molecule has 2 aromatic rings. The molecule has 0 saturated heterocycles. The third-order valence-electron chi connectivity index (χ3n) is 2.61. The Balaban J connectivity index is 2.47. The van der Waals surface area contributed by atoms with Gasteiger partial charge in [0.15, 0.2) is 5.78 Å². The molecule has 18 heavy (non-hydrogen) atoms. The van der Waals surface area contributed by atoms with Gasteiger partial charge in [-0.25, -0.2) is 4.39 Å². The number of carbonyl (C=O) groups excluding carboxylic acids is 1. The highest BCUT2D eigenvalue weighted by atomic mass is 79.9. The van der Waals surface area contributed by atoms with Crippen LogP contribution in [0.3, 0.4) is 0 Å². The number of rotatable bonds is 2. The van der Waals surface area contributed by atoms with Crippen LogP contribution in [0.4, 0.5) is 4.39 Å². The number of hydrogen-bond donors (Lipinski definition) is 0. The van der Waals surface area contributed by atoms with Crippen molar-refractivity contribution in [1.29, 1.82) is 0 Å². The van der Waals surface area contributed by atoms with Gasteiger partial charge >= 0.3 is 0 Å². The Morgan fingerprint density at radius 3 is 2.61 bits per heavy atom. The molecule has 0 amide bonds. The fraction of sp³-hybridized carbons (Fsp3) is 0.0714. The van der Waals surface area contributed by atoms with E-state index in [4.69, 9.17) is 11.6 Å². The summed E-state index contributed by atoms with van der Waals surface area (Å²) in [4.78, 5) is 12.2. The highest BCUT2D eigenvalue weighted by Gasteiger charge is 2.14. The van der Waals surface area contributed by atoms with Gasteiger partial charge in [-0.1, -0.05) is 39.7 Å². The minimum absolute atomic E-state index is 0.290. The molecule has 2 aromatic carbocycles. The molecule has 0 saturated carbocycles. The van der Waals surface area contributed by atoms with Crippen molar-refractivity contribution in [3.05, 3.63) is 68.4 Å². The average Bonchev–Trinajstić information content (AvgIpc) is 2.35. The average molecular weight is 328 g/mol. The maximum atomic E-state index is 13.4. The Kier molecular flexibility index (Phi) is 3.83. The van der Waals surface area contributed by atoms with Gasteiger partial charge < -0.3 is 0 Å². The van der Waals surface area contributed by atoms with Crippen LogP contribution in [0.1, 0.15) is 21.5 Å². The summed E-state index contributed by atoms with van der Waals surface area (Å²) in [6.07, 6.45) is 0.